The Kier molecular flexibility index (Phi) is 8.12. The van der Waals surface area contributed by atoms with Crippen molar-refractivity contribution in [2.24, 2.45) is 0 Å². The molecule has 0 aliphatic rings. The van der Waals surface area contributed by atoms with Crippen LogP contribution in [0.3, 0.4) is 0 Å². The van der Waals surface area contributed by atoms with Gasteiger partial charge in [-0.1, -0.05) is 48.7 Å². The lowest BCUT2D eigenvalue weighted by Gasteiger charge is -2.07. The summed E-state index contributed by atoms with van der Waals surface area (Å²) in [5.41, 5.74) is 4.33. The topological polar surface area (TPSA) is 78.4 Å². The van der Waals surface area contributed by atoms with Crippen molar-refractivity contribution >= 4 is 23.4 Å². The third-order valence-electron chi connectivity index (χ3n) is 4.07. The molecule has 2 aromatic carbocycles. The fourth-order valence-electron chi connectivity index (χ4n) is 2.58. The highest BCUT2D eigenvalue weighted by molar-refractivity contribution is 6.30. The zero-order valence-corrected chi connectivity index (χ0v) is 15.3. The summed E-state index contributed by atoms with van der Waals surface area (Å²) in [6, 6.07) is 15.0. The molecule has 3 N–H and O–H groups in total. The molecule has 0 saturated heterocycles. The Morgan fingerprint density at radius 3 is 2.04 bits per heavy atom. The van der Waals surface area contributed by atoms with Crippen molar-refractivity contribution in [3.05, 3.63) is 59.1 Å². The number of unbranched alkanes of at least 4 members (excludes halogenated alkanes) is 3. The molecule has 0 saturated carbocycles. The number of halogens is 1. The fourth-order valence-corrected chi connectivity index (χ4v) is 2.71. The molecule has 138 valence electrons. The van der Waals surface area contributed by atoms with Gasteiger partial charge in [0, 0.05) is 23.6 Å². The van der Waals surface area contributed by atoms with Crippen molar-refractivity contribution in [2.75, 3.05) is 6.54 Å². The highest BCUT2D eigenvalue weighted by Crippen LogP contribution is 2.21. The number of hydrogen-bond donors (Lipinski definition) is 3. The molecule has 0 radical (unpaired) electrons. The normalized spacial score (nSPS) is 10.4. The third kappa shape index (κ3) is 6.50. The molecular weight excluding hydrogens is 352 g/mol. The average Bonchev–Trinajstić information content (AvgIpc) is 2.67. The minimum Gasteiger partial charge on any atom is -0.352 e. The Balaban J connectivity index is 1.71. The number of hydroxylamine groups is 1. The second-order valence-corrected chi connectivity index (χ2v) is 6.48. The molecule has 2 aromatic rings. The molecule has 0 aliphatic carbocycles. The van der Waals surface area contributed by atoms with E-state index in [4.69, 9.17) is 16.8 Å². The number of rotatable bonds is 9. The van der Waals surface area contributed by atoms with Crippen LogP contribution in [0.25, 0.3) is 11.1 Å². The Morgan fingerprint density at radius 1 is 0.846 bits per heavy atom. The van der Waals surface area contributed by atoms with E-state index in [1.165, 1.54) is 0 Å². The van der Waals surface area contributed by atoms with Gasteiger partial charge in [0.15, 0.2) is 0 Å². The maximum atomic E-state index is 12.1. The highest BCUT2D eigenvalue weighted by atomic mass is 35.5. The van der Waals surface area contributed by atoms with E-state index in [-0.39, 0.29) is 11.8 Å². The van der Waals surface area contributed by atoms with Gasteiger partial charge in [0.1, 0.15) is 0 Å². The molecule has 0 heterocycles. The summed E-state index contributed by atoms with van der Waals surface area (Å²) < 4.78 is 0. The van der Waals surface area contributed by atoms with Gasteiger partial charge in [-0.05, 0) is 48.2 Å². The van der Waals surface area contributed by atoms with E-state index in [2.05, 4.69) is 5.32 Å². The van der Waals surface area contributed by atoms with Crippen LogP contribution in [0, 0.1) is 0 Å². The van der Waals surface area contributed by atoms with Crippen LogP contribution in [0.15, 0.2) is 48.5 Å². The Labute approximate surface area is 158 Å². The van der Waals surface area contributed by atoms with Crippen LogP contribution in [-0.2, 0) is 4.79 Å². The standard InChI is InChI=1S/C20H23ClN2O3/c21-18-12-10-16(11-13-18)15-6-8-17(9-7-15)20(25)22-14-4-2-1-3-5-19(24)23-26/h6-13,26H,1-5,14H2,(H,22,25)(H,23,24). The third-order valence-corrected chi connectivity index (χ3v) is 4.32. The van der Waals surface area contributed by atoms with E-state index >= 15 is 0 Å². The quantitative estimate of drug-likeness (QED) is 0.350. The van der Waals surface area contributed by atoms with E-state index in [0.717, 1.165) is 36.8 Å². The number of nitrogens with one attached hydrogen (secondary N) is 2. The second-order valence-electron chi connectivity index (χ2n) is 6.04. The minimum absolute atomic E-state index is 0.0904. The molecule has 2 rings (SSSR count). The fraction of sp³-hybridized carbons (Fsp3) is 0.300. The molecule has 26 heavy (non-hydrogen) atoms. The molecule has 0 fully saturated rings. The summed E-state index contributed by atoms with van der Waals surface area (Å²) in [7, 11) is 0. The first-order valence-electron chi connectivity index (χ1n) is 8.67. The summed E-state index contributed by atoms with van der Waals surface area (Å²) in [6.07, 6.45) is 3.72. The number of carbonyl (C=O) groups is 2. The monoisotopic (exact) mass is 374 g/mol. The molecule has 0 aromatic heterocycles. The second kappa shape index (κ2) is 10.6. The predicted octanol–water partition coefficient (Wildman–Crippen LogP) is 4.19. The molecule has 5 nitrogen and oxygen atoms in total. The Bertz CT molecular complexity index is 715. The van der Waals surface area contributed by atoms with E-state index in [1.54, 1.807) is 5.48 Å². The van der Waals surface area contributed by atoms with Crippen LogP contribution in [-0.4, -0.2) is 23.6 Å². The van der Waals surface area contributed by atoms with Crippen molar-refractivity contribution in [1.82, 2.24) is 10.8 Å². The largest absolute Gasteiger partial charge is 0.352 e. The number of amides is 2. The SMILES string of the molecule is O=C(CCCCCCNC(=O)c1ccc(-c2ccc(Cl)cc2)cc1)NO. The molecule has 0 bridgehead atoms. The van der Waals surface area contributed by atoms with Gasteiger partial charge in [-0.2, -0.15) is 0 Å². The lowest BCUT2D eigenvalue weighted by atomic mass is 10.0. The van der Waals surface area contributed by atoms with Crippen molar-refractivity contribution in [3.63, 3.8) is 0 Å². The van der Waals surface area contributed by atoms with Crippen molar-refractivity contribution < 1.29 is 14.8 Å². The Hall–Kier alpha value is -2.37. The molecular formula is C20H23ClN2O3. The summed E-state index contributed by atoms with van der Waals surface area (Å²) >= 11 is 5.89. The van der Waals surface area contributed by atoms with E-state index in [0.29, 0.717) is 23.6 Å². The van der Waals surface area contributed by atoms with Gasteiger partial charge in [-0.3, -0.25) is 14.8 Å². The lowest BCUT2D eigenvalue weighted by molar-refractivity contribution is -0.129. The van der Waals surface area contributed by atoms with E-state index in [9.17, 15) is 9.59 Å². The molecule has 6 heteroatoms. The van der Waals surface area contributed by atoms with Crippen LogP contribution < -0.4 is 10.8 Å². The summed E-state index contributed by atoms with van der Waals surface area (Å²) in [5, 5.41) is 12.0. The van der Waals surface area contributed by atoms with Gasteiger partial charge in [0.2, 0.25) is 5.91 Å². The first-order chi connectivity index (χ1) is 12.6. The van der Waals surface area contributed by atoms with Crippen molar-refractivity contribution in [2.45, 2.75) is 32.1 Å². The van der Waals surface area contributed by atoms with Crippen LogP contribution in [0.5, 0.6) is 0 Å². The van der Waals surface area contributed by atoms with Crippen molar-refractivity contribution in [3.8, 4) is 11.1 Å². The number of carbonyl (C=O) groups excluding carboxylic acids is 2. The van der Waals surface area contributed by atoms with Gasteiger partial charge in [-0.25, -0.2) is 5.48 Å². The van der Waals surface area contributed by atoms with Gasteiger partial charge >= 0.3 is 0 Å². The van der Waals surface area contributed by atoms with Gasteiger partial charge in [0.25, 0.3) is 5.91 Å². The first-order valence-corrected chi connectivity index (χ1v) is 9.05. The Morgan fingerprint density at radius 2 is 1.42 bits per heavy atom. The average molecular weight is 375 g/mol. The van der Waals surface area contributed by atoms with Gasteiger partial charge in [0.05, 0.1) is 0 Å². The molecule has 0 atom stereocenters. The molecule has 0 aliphatic heterocycles. The molecule has 2 amide bonds. The van der Waals surface area contributed by atoms with Crippen LogP contribution >= 0.6 is 11.6 Å². The molecule has 0 unspecified atom stereocenters. The molecule has 0 spiro atoms. The van der Waals surface area contributed by atoms with Crippen LogP contribution in [0.4, 0.5) is 0 Å². The highest BCUT2D eigenvalue weighted by Gasteiger charge is 2.05. The number of hydrogen-bond acceptors (Lipinski definition) is 3. The summed E-state index contributed by atoms with van der Waals surface area (Å²) in [4.78, 5) is 23.0. The maximum Gasteiger partial charge on any atom is 0.251 e. The van der Waals surface area contributed by atoms with E-state index < -0.39 is 0 Å². The zero-order valence-electron chi connectivity index (χ0n) is 14.5. The summed E-state index contributed by atoms with van der Waals surface area (Å²) in [5.74, 6) is -0.451. The van der Waals surface area contributed by atoms with Crippen LogP contribution in [0.1, 0.15) is 42.5 Å². The maximum absolute atomic E-state index is 12.1. The van der Waals surface area contributed by atoms with Gasteiger partial charge < -0.3 is 5.32 Å². The lowest BCUT2D eigenvalue weighted by Crippen LogP contribution is -2.24. The number of benzene rings is 2. The van der Waals surface area contributed by atoms with Crippen molar-refractivity contribution in [1.29, 1.82) is 0 Å². The summed E-state index contributed by atoms with van der Waals surface area (Å²) in [6.45, 7) is 0.601. The zero-order chi connectivity index (χ0) is 18.8. The van der Waals surface area contributed by atoms with Crippen LogP contribution in [0.2, 0.25) is 5.02 Å². The smallest absolute Gasteiger partial charge is 0.251 e. The predicted molar refractivity (Wildman–Crippen MR) is 102 cm³/mol. The van der Waals surface area contributed by atoms with E-state index in [1.807, 2.05) is 48.5 Å². The minimum atomic E-state index is -0.361. The first kappa shape index (κ1) is 19.9. The van der Waals surface area contributed by atoms with Gasteiger partial charge in [-0.15, -0.1) is 0 Å².